The molecule has 1 saturated heterocycles. The Morgan fingerprint density at radius 3 is 2.80 bits per heavy atom. The van der Waals surface area contributed by atoms with Gasteiger partial charge in [-0.05, 0) is 60.6 Å². The van der Waals surface area contributed by atoms with Crippen molar-refractivity contribution < 1.29 is 4.79 Å². The van der Waals surface area contributed by atoms with Gasteiger partial charge < -0.3 is 10.6 Å². The monoisotopic (exact) mass is 384 g/mol. The van der Waals surface area contributed by atoms with Crippen LogP contribution in [0.1, 0.15) is 25.8 Å². The lowest BCUT2D eigenvalue weighted by atomic mass is 10.2. The van der Waals surface area contributed by atoms with Crippen LogP contribution in [0.2, 0.25) is 0 Å². The molecular formula is C14H17IN4O. The second-order valence-corrected chi connectivity index (χ2v) is 6.43. The maximum absolute atomic E-state index is 12.5. The zero-order chi connectivity index (χ0) is 14.3. The van der Waals surface area contributed by atoms with Crippen LogP contribution < -0.4 is 5.73 Å². The standard InChI is InChI=1S/C14H17IN4O/c1-9(13(20)18-6-2-3-7-18)19-12-5-4-10(15)8-11(12)17-14(19)16/h4-5,8-9H,2-3,6-7H2,1H3,(H2,16,17). The zero-order valence-corrected chi connectivity index (χ0v) is 13.5. The minimum absolute atomic E-state index is 0.132. The van der Waals surface area contributed by atoms with E-state index in [1.165, 1.54) is 0 Å². The summed E-state index contributed by atoms with van der Waals surface area (Å²) in [5.74, 6) is 0.536. The Balaban J connectivity index is 2.00. The lowest BCUT2D eigenvalue weighted by Crippen LogP contribution is -2.34. The Hall–Kier alpha value is -1.31. The van der Waals surface area contributed by atoms with Crippen molar-refractivity contribution in [3.05, 3.63) is 21.8 Å². The van der Waals surface area contributed by atoms with Gasteiger partial charge in [0.05, 0.1) is 11.0 Å². The van der Waals surface area contributed by atoms with Crippen LogP contribution in [0.15, 0.2) is 18.2 Å². The van der Waals surface area contributed by atoms with E-state index in [0.29, 0.717) is 5.95 Å². The van der Waals surface area contributed by atoms with Gasteiger partial charge in [-0.3, -0.25) is 9.36 Å². The summed E-state index contributed by atoms with van der Waals surface area (Å²) in [7, 11) is 0. The summed E-state index contributed by atoms with van der Waals surface area (Å²) < 4.78 is 2.95. The summed E-state index contributed by atoms with van der Waals surface area (Å²) in [6, 6.07) is 5.66. The molecule has 1 fully saturated rings. The van der Waals surface area contributed by atoms with Crippen molar-refractivity contribution in [1.29, 1.82) is 0 Å². The quantitative estimate of drug-likeness (QED) is 0.809. The van der Waals surface area contributed by atoms with Gasteiger partial charge in [0.15, 0.2) is 0 Å². The van der Waals surface area contributed by atoms with Gasteiger partial charge >= 0.3 is 0 Å². The molecule has 0 saturated carbocycles. The third kappa shape index (κ3) is 2.25. The van der Waals surface area contributed by atoms with Crippen molar-refractivity contribution >= 4 is 45.5 Å². The van der Waals surface area contributed by atoms with E-state index in [4.69, 9.17) is 5.73 Å². The van der Waals surface area contributed by atoms with E-state index in [1.807, 2.05) is 34.6 Å². The predicted octanol–water partition coefficient (Wildman–Crippen LogP) is 2.41. The summed E-state index contributed by atoms with van der Waals surface area (Å²) in [5.41, 5.74) is 7.78. The van der Waals surface area contributed by atoms with E-state index in [-0.39, 0.29) is 11.9 Å². The number of fused-ring (bicyclic) bond motifs is 1. The summed E-state index contributed by atoms with van der Waals surface area (Å²) in [5, 5.41) is 0. The molecule has 2 N–H and O–H groups in total. The zero-order valence-electron chi connectivity index (χ0n) is 11.3. The number of nitrogens with zero attached hydrogens (tertiary/aromatic N) is 3. The van der Waals surface area contributed by atoms with Crippen LogP contribution in [0.4, 0.5) is 5.95 Å². The highest BCUT2D eigenvalue weighted by molar-refractivity contribution is 14.1. The van der Waals surface area contributed by atoms with Gasteiger partial charge in [-0.15, -0.1) is 0 Å². The van der Waals surface area contributed by atoms with Gasteiger partial charge in [0.25, 0.3) is 0 Å². The van der Waals surface area contributed by atoms with Gasteiger partial charge in [-0.25, -0.2) is 4.98 Å². The molecule has 3 rings (SSSR count). The Bertz CT molecular complexity index is 660. The predicted molar refractivity (Wildman–Crippen MR) is 87.4 cm³/mol. The molecule has 1 aromatic heterocycles. The number of hydrogen-bond donors (Lipinski definition) is 1. The van der Waals surface area contributed by atoms with Crippen molar-refractivity contribution in [2.24, 2.45) is 0 Å². The Kier molecular flexibility index (Phi) is 3.57. The van der Waals surface area contributed by atoms with Gasteiger partial charge in [-0.2, -0.15) is 0 Å². The first-order chi connectivity index (χ1) is 9.58. The topological polar surface area (TPSA) is 64.2 Å². The Labute approximate surface area is 131 Å². The second kappa shape index (κ2) is 5.23. The lowest BCUT2D eigenvalue weighted by Gasteiger charge is -2.22. The largest absolute Gasteiger partial charge is 0.369 e. The van der Waals surface area contributed by atoms with Crippen LogP contribution in [0.5, 0.6) is 0 Å². The molecule has 0 bridgehead atoms. The highest BCUT2D eigenvalue weighted by Gasteiger charge is 2.26. The average Bonchev–Trinajstić information content (AvgIpc) is 3.03. The van der Waals surface area contributed by atoms with Gasteiger partial charge in [0.2, 0.25) is 11.9 Å². The maximum Gasteiger partial charge on any atom is 0.245 e. The molecule has 5 nitrogen and oxygen atoms in total. The van der Waals surface area contributed by atoms with Crippen molar-refractivity contribution in [2.45, 2.75) is 25.8 Å². The van der Waals surface area contributed by atoms with E-state index in [9.17, 15) is 4.79 Å². The molecule has 2 heterocycles. The first-order valence-electron chi connectivity index (χ1n) is 6.79. The van der Waals surface area contributed by atoms with Crippen LogP contribution in [0.3, 0.4) is 0 Å². The number of carbonyl (C=O) groups excluding carboxylic acids is 1. The number of benzene rings is 1. The number of anilines is 1. The molecule has 1 aliphatic heterocycles. The van der Waals surface area contributed by atoms with Crippen molar-refractivity contribution in [2.75, 3.05) is 18.8 Å². The van der Waals surface area contributed by atoms with E-state index >= 15 is 0 Å². The SMILES string of the molecule is CC(C(=O)N1CCCC1)n1c(N)nc2cc(I)ccc21. The minimum atomic E-state index is -0.307. The van der Waals surface area contributed by atoms with Gasteiger partial charge in [0.1, 0.15) is 6.04 Å². The first-order valence-corrected chi connectivity index (χ1v) is 7.87. The molecule has 1 amide bonds. The maximum atomic E-state index is 12.5. The normalized spacial score (nSPS) is 16.8. The van der Waals surface area contributed by atoms with Crippen LogP contribution in [0, 0.1) is 3.57 Å². The summed E-state index contributed by atoms with van der Waals surface area (Å²) >= 11 is 2.25. The fourth-order valence-electron chi connectivity index (χ4n) is 2.81. The van der Waals surface area contributed by atoms with E-state index in [0.717, 1.165) is 40.5 Å². The third-order valence-corrected chi connectivity index (χ3v) is 4.51. The summed E-state index contributed by atoms with van der Waals surface area (Å²) in [6.45, 7) is 3.61. The molecule has 0 aliphatic carbocycles. The van der Waals surface area contributed by atoms with Crippen molar-refractivity contribution in [1.82, 2.24) is 14.5 Å². The molecular weight excluding hydrogens is 367 g/mol. The van der Waals surface area contributed by atoms with Crippen LogP contribution >= 0.6 is 22.6 Å². The second-order valence-electron chi connectivity index (χ2n) is 5.18. The van der Waals surface area contributed by atoms with E-state index < -0.39 is 0 Å². The molecule has 106 valence electrons. The molecule has 0 radical (unpaired) electrons. The molecule has 1 unspecified atom stereocenters. The summed E-state index contributed by atoms with van der Waals surface area (Å²) in [4.78, 5) is 18.8. The molecule has 6 heteroatoms. The highest BCUT2D eigenvalue weighted by Crippen LogP contribution is 2.26. The average molecular weight is 384 g/mol. The Morgan fingerprint density at radius 2 is 2.10 bits per heavy atom. The number of nitrogen functional groups attached to an aromatic ring is 1. The number of nitrogens with two attached hydrogens (primary N) is 1. The Morgan fingerprint density at radius 1 is 1.40 bits per heavy atom. The number of aromatic nitrogens is 2. The molecule has 1 atom stereocenters. The fourth-order valence-corrected chi connectivity index (χ4v) is 3.28. The number of amides is 1. The number of hydrogen-bond acceptors (Lipinski definition) is 3. The third-order valence-electron chi connectivity index (χ3n) is 3.84. The molecule has 1 aliphatic rings. The van der Waals surface area contributed by atoms with Gasteiger partial charge in [0, 0.05) is 16.7 Å². The van der Waals surface area contributed by atoms with Crippen LogP contribution in [-0.2, 0) is 4.79 Å². The summed E-state index contributed by atoms with van der Waals surface area (Å²) in [6.07, 6.45) is 2.19. The minimum Gasteiger partial charge on any atom is -0.369 e. The van der Waals surface area contributed by atoms with Gasteiger partial charge in [-0.1, -0.05) is 0 Å². The van der Waals surface area contributed by atoms with E-state index in [2.05, 4.69) is 27.6 Å². The molecule has 2 aromatic rings. The lowest BCUT2D eigenvalue weighted by molar-refractivity contribution is -0.133. The first kappa shape index (κ1) is 13.7. The molecule has 0 spiro atoms. The number of likely N-dealkylation sites (tertiary alicyclic amines) is 1. The number of imidazole rings is 1. The van der Waals surface area contributed by atoms with Crippen molar-refractivity contribution in [3.8, 4) is 0 Å². The molecule has 20 heavy (non-hydrogen) atoms. The van der Waals surface area contributed by atoms with Crippen LogP contribution in [0.25, 0.3) is 11.0 Å². The highest BCUT2D eigenvalue weighted by atomic mass is 127. The van der Waals surface area contributed by atoms with Crippen molar-refractivity contribution in [3.63, 3.8) is 0 Å². The number of halogens is 1. The smallest absolute Gasteiger partial charge is 0.245 e. The number of rotatable bonds is 2. The fraction of sp³-hybridized carbons (Fsp3) is 0.429. The molecule has 1 aromatic carbocycles. The van der Waals surface area contributed by atoms with E-state index in [1.54, 1.807) is 0 Å². The van der Waals surface area contributed by atoms with Crippen LogP contribution in [-0.4, -0.2) is 33.4 Å². The number of carbonyl (C=O) groups is 1.